The highest BCUT2D eigenvalue weighted by Gasteiger charge is 2.68. The molecule has 2 aliphatic heterocycles. The quantitative estimate of drug-likeness (QED) is 0.187. The molecule has 1 saturated carbocycles. The van der Waals surface area contributed by atoms with E-state index in [2.05, 4.69) is 15.5 Å². The standard InChI is InChI=1S/C39H48N6O9/c1-37(2,3)53-35(47)44-29-15-13-24(49-7)20-26(29)39(34(44)46)21-27(39)23-12-14-25-30(19-23)45(36(48)54-38(4,5)6)41-32(25)40-28-22-43(42-33(28)50-8)16-18-52-31-11-9-10-17-51-31/h12-15,19-20,22,27,31H,9-11,16-18,21H2,1-8H3,(H,40,41)/t27-,31?,39-/m0/s1. The van der Waals surface area contributed by atoms with E-state index in [-0.39, 0.29) is 18.1 Å². The Hall–Kier alpha value is -5.15. The van der Waals surface area contributed by atoms with Crippen LogP contribution in [0, 0.1) is 0 Å². The Balaban J connectivity index is 1.21. The molecule has 2 fully saturated rings. The molecule has 4 heterocycles. The van der Waals surface area contributed by atoms with Crippen LogP contribution >= 0.6 is 0 Å². The number of fused-ring (bicyclic) bond motifs is 3. The number of imide groups is 1. The monoisotopic (exact) mass is 744 g/mol. The predicted molar refractivity (Wildman–Crippen MR) is 199 cm³/mol. The number of nitrogens with one attached hydrogen (secondary N) is 1. The van der Waals surface area contributed by atoms with E-state index in [1.807, 2.05) is 24.3 Å². The Labute approximate surface area is 313 Å². The first-order chi connectivity index (χ1) is 25.6. The third-order valence-corrected chi connectivity index (χ3v) is 9.66. The fraction of sp³-hybridized carbons (Fsp3) is 0.513. The van der Waals surface area contributed by atoms with Crippen molar-refractivity contribution in [2.24, 2.45) is 0 Å². The van der Waals surface area contributed by atoms with Crippen LogP contribution in [0.4, 0.5) is 26.8 Å². The molecule has 288 valence electrons. The number of nitrogens with zero attached hydrogens (tertiary/aromatic N) is 5. The van der Waals surface area contributed by atoms with Crippen molar-refractivity contribution in [3.8, 4) is 11.6 Å². The number of carbonyl (C=O) groups excluding carboxylic acids is 3. The van der Waals surface area contributed by atoms with Gasteiger partial charge in [-0.15, -0.1) is 10.2 Å². The number of anilines is 3. The number of ether oxygens (including phenoxy) is 6. The summed E-state index contributed by atoms with van der Waals surface area (Å²) >= 11 is 0. The van der Waals surface area contributed by atoms with Crippen LogP contribution in [0.15, 0.2) is 42.6 Å². The average molecular weight is 745 g/mol. The largest absolute Gasteiger partial charge is 0.497 e. The molecule has 3 aliphatic rings. The van der Waals surface area contributed by atoms with Crippen molar-refractivity contribution in [2.45, 2.75) is 103 Å². The fourth-order valence-electron chi connectivity index (χ4n) is 7.19. The maximum atomic E-state index is 14.3. The van der Waals surface area contributed by atoms with E-state index >= 15 is 0 Å². The van der Waals surface area contributed by atoms with E-state index in [1.54, 1.807) is 71.7 Å². The van der Waals surface area contributed by atoms with Crippen molar-refractivity contribution in [3.63, 3.8) is 0 Å². The number of benzene rings is 2. The summed E-state index contributed by atoms with van der Waals surface area (Å²) in [4.78, 5) is 42.5. The van der Waals surface area contributed by atoms with Crippen LogP contribution in [0.1, 0.15) is 84.3 Å². The molecule has 15 nitrogen and oxygen atoms in total. The highest BCUT2D eigenvalue weighted by Crippen LogP contribution is 2.67. The van der Waals surface area contributed by atoms with E-state index < -0.39 is 28.8 Å². The van der Waals surface area contributed by atoms with Gasteiger partial charge in [0, 0.05) is 17.9 Å². The van der Waals surface area contributed by atoms with E-state index in [0.29, 0.717) is 71.5 Å². The lowest BCUT2D eigenvalue weighted by Crippen LogP contribution is -2.41. The van der Waals surface area contributed by atoms with Gasteiger partial charge in [-0.1, -0.05) is 6.07 Å². The van der Waals surface area contributed by atoms with Crippen molar-refractivity contribution in [1.29, 1.82) is 0 Å². The lowest BCUT2D eigenvalue weighted by atomic mass is 9.91. The van der Waals surface area contributed by atoms with Crippen molar-refractivity contribution < 1.29 is 42.8 Å². The third kappa shape index (κ3) is 7.09. The molecule has 1 N–H and O–H groups in total. The Morgan fingerprint density at radius 2 is 1.72 bits per heavy atom. The van der Waals surface area contributed by atoms with Gasteiger partial charge in [-0.3, -0.25) is 9.48 Å². The molecule has 54 heavy (non-hydrogen) atoms. The molecule has 2 amide bonds. The van der Waals surface area contributed by atoms with Crippen LogP contribution in [0.2, 0.25) is 0 Å². The van der Waals surface area contributed by atoms with Crippen LogP contribution in [0.25, 0.3) is 10.9 Å². The second kappa shape index (κ2) is 13.9. The normalized spacial score (nSPS) is 21.0. The van der Waals surface area contributed by atoms with Gasteiger partial charge in [0.05, 0.1) is 50.2 Å². The number of rotatable bonds is 9. The second-order valence-corrected chi connectivity index (χ2v) is 15.9. The SMILES string of the molecule is COc1ccc2c(c1)[C@]1(C[C@H]1c1ccc3c(Nc4cn(CCOC5CCCCO5)nc4OC)nn(C(=O)OC(C)(C)C)c3c1)C(=O)N2C(=O)OC(C)(C)C. The second-order valence-electron chi connectivity index (χ2n) is 15.9. The summed E-state index contributed by atoms with van der Waals surface area (Å²) in [5.74, 6) is 0.598. The van der Waals surface area contributed by atoms with Gasteiger partial charge in [-0.25, -0.2) is 14.5 Å². The van der Waals surface area contributed by atoms with E-state index in [1.165, 1.54) is 11.8 Å². The Kier molecular flexibility index (Phi) is 9.59. The first kappa shape index (κ1) is 37.2. The Morgan fingerprint density at radius 1 is 0.963 bits per heavy atom. The number of aromatic nitrogens is 4. The van der Waals surface area contributed by atoms with E-state index in [4.69, 9.17) is 28.4 Å². The zero-order valence-corrected chi connectivity index (χ0v) is 32.1. The summed E-state index contributed by atoms with van der Waals surface area (Å²) in [6, 6.07) is 10.9. The summed E-state index contributed by atoms with van der Waals surface area (Å²) in [5.41, 5.74) is 0.330. The van der Waals surface area contributed by atoms with Gasteiger partial charge in [0.15, 0.2) is 12.1 Å². The average Bonchev–Trinajstić information content (AvgIpc) is 3.48. The number of hydrogen-bond donors (Lipinski definition) is 1. The van der Waals surface area contributed by atoms with E-state index in [0.717, 1.165) is 29.7 Å². The lowest BCUT2D eigenvalue weighted by molar-refractivity contribution is -0.163. The summed E-state index contributed by atoms with van der Waals surface area (Å²) in [7, 11) is 3.09. The maximum absolute atomic E-state index is 14.3. The molecule has 7 rings (SSSR count). The minimum absolute atomic E-state index is 0.208. The molecule has 2 aromatic heterocycles. The number of carbonyl (C=O) groups is 3. The summed E-state index contributed by atoms with van der Waals surface area (Å²) in [6.45, 7) is 12.2. The van der Waals surface area contributed by atoms with Crippen molar-refractivity contribution >= 4 is 46.2 Å². The summed E-state index contributed by atoms with van der Waals surface area (Å²) in [6.07, 6.45) is 3.61. The maximum Gasteiger partial charge on any atom is 0.435 e. The van der Waals surface area contributed by atoms with Crippen LogP contribution < -0.4 is 19.7 Å². The molecule has 3 atom stereocenters. The molecule has 1 unspecified atom stereocenters. The van der Waals surface area contributed by atoms with Crippen molar-refractivity contribution in [2.75, 3.05) is 37.7 Å². The van der Waals surface area contributed by atoms with Crippen LogP contribution in [-0.4, -0.2) is 82.6 Å². The van der Waals surface area contributed by atoms with Gasteiger partial charge in [0.1, 0.15) is 22.6 Å². The number of hydrogen-bond acceptors (Lipinski definition) is 12. The van der Waals surface area contributed by atoms with Crippen LogP contribution in [0.3, 0.4) is 0 Å². The summed E-state index contributed by atoms with van der Waals surface area (Å²) in [5, 5.41) is 13.2. The highest BCUT2D eigenvalue weighted by molar-refractivity contribution is 6.23. The predicted octanol–water partition coefficient (Wildman–Crippen LogP) is 7.03. The first-order valence-corrected chi connectivity index (χ1v) is 18.3. The number of amides is 2. The molecule has 15 heteroatoms. The Bertz CT molecular complexity index is 2090. The molecule has 1 aliphatic carbocycles. The minimum atomic E-state index is -1.03. The van der Waals surface area contributed by atoms with Gasteiger partial charge in [0.25, 0.3) is 5.88 Å². The molecule has 1 saturated heterocycles. The molecule has 4 aromatic rings. The summed E-state index contributed by atoms with van der Waals surface area (Å²) < 4.78 is 37.0. The topological polar surface area (TPSA) is 158 Å². The minimum Gasteiger partial charge on any atom is -0.497 e. The van der Waals surface area contributed by atoms with Crippen molar-refractivity contribution in [3.05, 3.63) is 53.7 Å². The molecule has 1 spiro atoms. The Morgan fingerprint density at radius 3 is 2.41 bits per heavy atom. The van der Waals surface area contributed by atoms with Gasteiger partial charge < -0.3 is 33.7 Å². The van der Waals surface area contributed by atoms with Gasteiger partial charge >= 0.3 is 12.2 Å². The molecule has 0 bridgehead atoms. The van der Waals surface area contributed by atoms with E-state index in [9.17, 15) is 14.4 Å². The molecular formula is C39H48N6O9. The zero-order chi connectivity index (χ0) is 38.6. The molecule has 2 aromatic carbocycles. The first-order valence-electron chi connectivity index (χ1n) is 18.3. The zero-order valence-electron chi connectivity index (χ0n) is 32.1. The van der Waals surface area contributed by atoms with Crippen molar-refractivity contribution in [1.82, 2.24) is 19.6 Å². The molecule has 0 radical (unpaired) electrons. The van der Waals surface area contributed by atoms with Gasteiger partial charge in [0.2, 0.25) is 5.91 Å². The smallest absolute Gasteiger partial charge is 0.435 e. The molecular weight excluding hydrogens is 696 g/mol. The lowest BCUT2D eigenvalue weighted by Gasteiger charge is -2.24. The fourth-order valence-corrected chi connectivity index (χ4v) is 7.19. The van der Waals surface area contributed by atoms with Crippen LogP contribution in [0.5, 0.6) is 11.6 Å². The number of methoxy groups -OCH3 is 2. The van der Waals surface area contributed by atoms with Gasteiger partial charge in [-0.2, -0.15) is 4.68 Å². The van der Waals surface area contributed by atoms with Crippen LogP contribution in [-0.2, 0) is 35.7 Å². The van der Waals surface area contributed by atoms with Gasteiger partial charge in [-0.05, 0) is 109 Å². The highest BCUT2D eigenvalue weighted by atomic mass is 16.7. The third-order valence-electron chi connectivity index (χ3n) is 9.66.